The second-order valence-corrected chi connectivity index (χ2v) is 10.3. The third kappa shape index (κ3) is 5.08. The molecule has 0 bridgehead atoms. The summed E-state index contributed by atoms with van der Waals surface area (Å²) in [5.41, 5.74) is 1.61. The normalized spacial score (nSPS) is 16.7. The topological polar surface area (TPSA) is 104 Å². The summed E-state index contributed by atoms with van der Waals surface area (Å²) < 4.78 is 31.8. The average Bonchev–Trinajstić information content (AvgIpc) is 2.66. The molecular weight excluding hydrogens is 404 g/mol. The number of H-pyrrole nitrogens is 1. The van der Waals surface area contributed by atoms with Gasteiger partial charge in [0.2, 0.25) is 0 Å². The summed E-state index contributed by atoms with van der Waals surface area (Å²) >= 11 is 0. The van der Waals surface area contributed by atoms with Crippen LogP contribution in [0.5, 0.6) is 0 Å². The van der Waals surface area contributed by atoms with Crippen molar-refractivity contribution in [1.29, 1.82) is 0 Å². The van der Waals surface area contributed by atoms with Gasteiger partial charge >= 0.3 is 5.69 Å². The predicted molar refractivity (Wildman–Crippen MR) is 117 cm³/mol. The highest BCUT2D eigenvalue weighted by molar-refractivity contribution is 7.87. The molecule has 1 aliphatic heterocycles. The lowest BCUT2D eigenvalue weighted by Gasteiger charge is -2.35. The Bertz CT molecular complexity index is 1130. The standard InChI is InChI=1S/C21H30N4O4S/c1-15-5-6-18(13-16(15)2)21(3,4)23-30(28,29)25-11-7-17(8-12-25)14-24-10-9-19(26)22-20(24)27/h5-6,9-10,13,17,23H,7-8,11-12,14H2,1-4H3,(H,22,26,27). The molecule has 0 aliphatic carbocycles. The zero-order valence-electron chi connectivity index (χ0n) is 17.9. The lowest BCUT2D eigenvalue weighted by Crippen LogP contribution is -2.51. The zero-order chi connectivity index (χ0) is 22.1. The first-order valence-corrected chi connectivity index (χ1v) is 11.6. The lowest BCUT2D eigenvalue weighted by atomic mass is 9.93. The van der Waals surface area contributed by atoms with Crippen LogP contribution in [0.3, 0.4) is 0 Å². The van der Waals surface area contributed by atoms with Crippen LogP contribution in [-0.4, -0.2) is 35.4 Å². The van der Waals surface area contributed by atoms with Crippen molar-refractivity contribution in [1.82, 2.24) is 18.6 Å². The molecule has 9 heteroatoms. The van der Waals surface area contributed by atoms with Gasteiger partial charge in [0.05, 0.1) is 5.54 Å². The molecule has 1 fully saturated rings. The number of aryl methyl sites for hydroxylation is 2. The first-order chi connectivity index (χ1) is 14.0. The smallest absolute Gasteiger partial charge is 0.300 e. The molecule has 1 saturated heterocycles. The van der Waals surface area contributed by atoms with Crippen LogP contribution in [0.25, 0.3) is 0 Å². The quantitative estimate of drug-likeness (QED) is 0.721. The van der Waals surface area contributed by atoms with E-state index >= 15 is 0 Å². The number of nitrogens with one attached hydrogen (secondary N) is 2. The summed E-state index contributed by atoms with van der Waals surface area (Å²) in [6, 6.07) is 7.30. The first kappa shape index (κ1) is 22.5. The Morgan fingerprint density at radius 2 is 1.77 bits per heavy atom. The average molecular weight is 435 g/mol. The van der Waals surface area contributed by atoms with Gasteiger partial charge in [0.25, 0.3) is 15.8 Å². The van der Waals surface area contributed by atoms with Crippen molar-refractivity contribution in [3.63, 3.8) is 0 Å². The summed E-state index contributed by atoms with van der Waals surface area (Å²) in [4.78, 5) is 25.3. The van der Waals surface area contributed by atoms with Gasteiger partial charge in [-0.25, -0.2) is 4.79 Å². The summed E-state index contributed by atoms with van der Waals surface area (Å²) in [7, 11) is -3.65. The van der Waals surface area contributed by atoms with Gasteiger partial charge in [-0.2, -0.15) is 17.4 Å². The molecule has 0 spiro atoms. The van der Waals surface area contributed by atoms with Crippen molar-refractivity contribution in [3.05, 3.63) is 68.0 Å². The first-order valence-electron chi connectivity index (χ1n) is 10.1. The lowest BCUT2D eigenvalue weighted by molar-refractivity contribution is 0.245. The molecule has 0 unspecified atom stereocenters. The van der Waals surface area contributed by atoms with Gasteiger partial charge in [-0.3, -0.25) is 9.78 Å². The molecular formula is C21H30N4O4S. The third-order valence-corrected chi connectivity index (χ3v) is 7.69. The van der Waals surface area contributed by atoms with Gasteiger partial charge in [0.1, 0.15) is 0 Å². The van der Waals surface area contributed by atoms with E-state index in [0.29, 0.717) is 32.5 Å². The number of piperidine rings is 1. The summed E-state index contributed by atoms with van der Waals surface area (Å²) in [5, 5.41) is 0. The fourth-order valence-corrected chi connectivity index (χ4v) is 5.36. The largest absolute Gasteiger partial charge is 0.328 e. The minimum absolute atomic E-state index is 0.174. The van der Waals surface area contributed by atoms with Gasteiger partial charge in [-0.15, -0.1) is 0 Å². The molecule has 2 aromatic rings. The number of hydrogen-bond donors (Lipinski definition) is 2. The van der Waals surface area contributed by atoms with Gasteiger partial charge in [-0.1, -0.05) is 18.2 Å². The molecule has 8 nitrogen and oxygen atoms in total. The fraction of sp³-hybridized carbons (Fsp3) is 0.524. The molecule has 0 radical (unpaired) electrons. The van der Waals surface area contributed by atoms with Crippen molar-refractivity contribution in [2.45, 2.75) is 52.6 Å². The molecule has 0 atom stereocenters. The fourth-order valence-electron chi connectivity index (χ4n) is 3.77. The van der Waals surface area contributed by atoms with E-state index in [4.69, 9.17) is 0 Å². The Morgan fingerprint density at radius 3 is 2.37 bits per heavy atom. The van der Waals surface area contributed by atoms with E-state index in [0.717, 1.165) is 11.1 Å². The number of rotatable bonds is 6. The number of aromatic nitrogens is 2. The van der Waals surface area contributed by atoms with Crippen molar-refractivity contribution in [2.24, 2.45) is 5.92 Å². The van der Waals surface area contributed by atoms with Gasteiger partial charge in [0.15, 0.2) is 0 Å². The maximum atomic E-state index is 13.0. The second kappa shape index (κ2) is 8.49. The maximum absolute atomic E-state index is 13.0. The van der Waals surface area contributed by atoms with Crippen molar-refractivity contribution >= 4 is 10.2 Å². The summed E-state index contributed by atoms with van der Waals surface area (Å²) in [6.45, 7) is 9.02. The monoisotopic (exact) mass is 434 g/mol. The Labute approximate surface area is 177 Å². The van der Waals surface area contributed by atoms with E-state index in [2.05, 4.69) is 9.71 Å². The highest BCUT2D eigenvalue weighted by Crippen LogP contribution is 2.26. The molecule has 164 valence electrons. The highest BCUT2D eigenvalue weighted by Gasteiger charge is 2.33. The number of benzene rings is 1. The SMILES string of the molecule is Cc1ccc(C(C)(C)NS(=O)(=O)N2CCC(Cn3ccc(=O)[nH]c3=O)CC2)cc1C. The van der Waals surface area contributed by atoms with E-state index in [1.807, 2.05) is 45.9 Å². The Hall–Kier alpha value is -2.23. The predicted octanol–water partition coefficient (Wildman–Crippen LogP) is 1.64. The zero-order valence-corrected chi connectivity index (χ0v) is 18.8. The number of nitrogens with zero attached hydrogens (tertiary/aromatic N) is 2. The van der Waals surface area contributed by atoms with Crippen LogP contribution in [-0.2, 0) is 22.3 Å². The van der Waals surface area contributed by atoms with Crippen molar-refractivity contribution in [3.8, 4) is 0 Å². The molecule has 0 amide bonds. The maximum Gasteiger partial charge on any atom is 0.328 e. The molecule has 1 aromatic heterocycles. The Balaban J connectivity index is 1.64. The van der Waals surface area contributed by atoms with Crippen LogP contribution in [0.15, 0.2) is 40.1 Å². The van der Waals surface area contributed by atoms with Crippen molar-refractivity contribution in [2.75, 3.05) is 13.1 Å². The van der Waals surface area contributed by atoms with Crippen LogP contribution in [0.4, 0.5) is 0 Å². The number of aromatic amines is 1. The van der Waals surface area contributed by atoms with Crippen molar-refractivity contribution < 1.29 is 8.42 Å². The minimum Gasteiger partial charge on any atom is -0.300 e. The van der Waals surface area contributed by atoms with Gasteiger partial charge < -0.3 is 4.57 Å². The molecule has 0 saturated carbocycles. The van der Waals surface area contributed by atoms with E-state index in [9.17, 15) is 18.0 Å². The van der Waals surface area contributed by atoms with E-state index in [1.165, 1.54) is 26.7 Å². The highest BCUT2D eigenvalue weighted by atomic mass is 32.2. The number of hydrogen-bond acceptors (Lipinski definition) is 4. The molecule has 1 aliphatic rings. The Morgan fingerprint density at radius 1 is 1.10 bits per heavy atom. The summed E-state index contributed by atoms with van der Waals surface area (Å²) in [6.07, 6.45) is 2.78. The van der Waals surface area contributed by atoms with Crippen LogP contribution < -0.4 is 16.0 Å². The molecule has 2 N–H and O–H groups in total. The van der Waals surface area contributed by atoms with Gasteiger partial charge in [-0.05, 0) is 63.1 Å². The van der Waals surface area contributed by atoms with E-state index < -0.39 is 27.0 Å². The van der Waals surface area contributed by atoms with Crippen LogP contribution in [0, 0.1) is 19.8 Å². The van der Waals surface area contributed by atoms with E-state index in [-0.39, 0.29) is 5.92 Å². The molecule has 2 heterocycles. The Kier molecular flexibility index (Phi) is 6.35. The van der Waals surface area contributed by atoms with Crippen LogP contribution in [0.2, 0.25) is 0 Å². The molecule has 3 rings (SSSR count). The molecule has 1 aromatic carbocycles. The third-order valence-electron chi connectivity index (χ3n) is 5.88. The van der Waals surface area contributed by atoms with Gasteiger partial charge in [0, 0.05) is 31.9 Å². The van der Waals surface area contributed by atoms with Crippen LogP contribution >= 0.6 is 0 Å². The minimum atomic E-state index is -3.65. The summed E-state index contributed by atoms with van der Waals surface area (Å²) in [5.74, 6) is 0.174. The van der Waals surface area contributed by atoms with E-state index in [1.54, 1.807) is 0 Å². The second-order valence-electron chi connectivity index (χ2n) is 8.64. The van der Waals surface area contributed by atoms with Crippen LogP contribution in [0.1, 0.15) is 43.4 Å². The molecule has 30 heavy (non-hydrogen) atoms.